The lowest BCUT2D eigenvalue weighted by Crippen LogP contribution is -2.10. The zero-order chi connectivity index (χ0) is 18.7. The van der Waals surface area contributed by atoms with Crippen molar-refractivity contribution in [2.75, 3.05) is 13.2 Å². The minimum atomic E-state index is -4.55. The molecule has 1 aromatic heterocycles. The molecule has 1 saturated carbocycles. The van der Waals surface area contributed by atoms with Crippen molar-refractivity contribution in [2.24, 2.45) is 5.92 Å². The van der Waals surface area contributed by atoms with Crippen molar-refractivity contribution in [3.63, 3.8) is 0 Å². The second kappa shape index (κ2) is 7.22. The number of aromatic nitrogens is 3. The Balaban J connectivity index is 1.83. The molecule has 0 unspecified atom stereocenters. The zero-order valence-electron chi connectivity index (χ0n) is 13.8. The molecule has 2 aromatic rings. The van der Waals surface area contributed by atoms with Crippen LogP contribution in [0.1, 0.15) is 35.8 Å². The summed E-state index contributed by atoms with van der Waals surface area (Å²) in [6.45, 7) is 1.98. The molecule has 1 N–H and O–H groups in total. The van der Waals surface area contributed by atoms with E-state index in [4.69, 9.17) is 14.2 Å². The van der Waals surface area contributed by atoms with Gasteiger partial charge in [0.1, 0.15) is 11.5 Å². The minimum Gasteiger partial charge on any atom is -0.493 e. The van der Waals surface area contributed by atoms with E-state index in [9.17, 15) is 18.0 Å². The number of rotatable bonds is 7. The highest BCUT2D eigenvalue weighted by Gasteiger charge is 2.35. The van der Waals surface area contributed by atoms with E-state index in [1.807, 2.05) is 0 Å². The molecule has 0 saturated heterocycles. The summed E-state index contributed by atoms with van der Waals surface area (Å²) in [5.74, 6) is -0.945. The van der Waals surface area contributed by atoms with E-state index >= 15 is 0 Å². The van der Waals surface area contributed by atoms with Gasteiger partial charge in [0.05, 0.1) is 18.8 Å². The van der Waals surface area contributed by atoms with Crippen LogP contribution in [0.5, 0.6) is 17.4 Å². The molecule has 0 spiro atoms. The predicted molar refractivity (Wildman–Crippen MR) is 82.1 cm³/mol. The van der Waals surface area contributed by atoms with E-state index in [0.29, 0.717) is 0 Å². The second-order valence-electron chi connectivity index (χ2n) is 5.72. The van der Waals surface area contributed by atoms with E-state index in [0.717, 1.165) is 31.0 Å². The van der Waals surface area contributed by atoms with Gasteiger partial charge in [0.25, 0.3) is 5.88 Å². The largest absolute Gasteiger partial charge is 0.493 e. The van der Waals surface area contributed by atoms with Crippen molar-refractivity contribution in [3.8, 4) is 17.4 Å². The van der Waals surface area contributed by atoms with Crippen LogP contribution in [-0.4, -0.2) is 34.6 Å². The number of alkyl halides is 3. The highest BCUT2D eigenvalue weighted by Crippen LogP contribution is 2.40. The molecule has 1 aromatic carbocycles. The summed E-state index contributed by atoms with van der Waals surface area (Å²) in [5, 5.41) is 9.40. The number of carbonyl (C=O) groups is 1. The monoisotopic (exact) mass is 371 g/mol. The van der Waals surface area contributed by atoms with Gasteiger partial charge in [-0.05, 0) is 37.8 Å². The van der Waals surface area contributed by atoms with Crippen LogP contribution in [0.15, 0.2) is 18.2 Å². The van der Waals surface area contributed by atoms with Crippen LogP contribution in [-0.2, 0) is 10.9 Å². The van der Waals surface area contributed by atoms with Crippen molar-refractivity contribution in [2.45, 2.75) is 25.9 Å². The van der Waals surface area contributed by atoms with Gasteiger partial charge in [0.2, 0.25) is 5.69 Å². The number of esters is 1. The number of benzene rings is 1. The zero-order valence-corrected chi connectivity index (χ0v) is 13.8. The molecular weight excluding hydrogens is 355 g/mol. The van der Waals surface area contributed by atoms with E-state index in [1.165, 1.54) is 0 Å². The van der Waals surface area contributed by atoms with Gasteiger partial charge < -0.3 is 14.2 Å². The number of carbonyl (C=O) groups excluding carboxylic acids is 1. The van der Waals surface area contributed by atoms with Gasteiger partial charge in [0.15, 0.2) is 0 Å². The molecule has 1 aliphatic carbocycles. The van der Waals surface area contributed by atoms with Crippen molar-refractivity contribution in [1.29, 1.82) is 0 Å². The Kier molecular flexibility index (Phi) is 5.01. The smallest absolute Gasteiger partial charge is 0.419 e. The third-order valence-electron chi connectivity index (χ3n) is 3.64. The molecule has 0 atom stereocenters. The first-order chi connectivity index (χ1) is 12.4. The summed E-state index contributed by atoms with van der Waals surface area (Å²) in [6, 6.07) is 3.10. The highest BCUT2D eigenvalue weighted by atomic mass is 19.4. The average Bonchev–Trinajstić information content (AvgIpc) is 3.30. The number of aromatic amines is 1. The summed E-state index contributed by atoms with van der Waals surface area (Å²) in [7, 11) is 0. The van der Waals surface area contributed by atoms with Crippen molar-refractivity contribution in [1.82, 2.24) is 15.4 Å². The number of halogens is 3. The third-order valence-corrected chi connectivity index (χ3v) is 3.64. The number of nitrogens with zero attached hydrogens (tertiary/aromatic N) is 2. The van der Waals surface area contributed by atoms with Crippen LogP contribution in [0.4, 0.5) is 13.2 Å². The summed E-state index contributed by atoms with van der Waals surface area (Å²) in [6.07, 6.45) is -2.67. The van der Waals surface area contributed by atoms with Gasteiger partial charge >= 0.3 is 12.1 Å². The van der Waals surface area contributed by atoms with Gasteiger partial charge in [-0.1, -0.05) is 10.3 Å². The molecule has 140 valence electrons. The number of hydrogen-bond acceptors (Lipinski definition) is 6. The lowest BCUT2D eigenvalue weighted by Gasteiger charge is -2.15. The first-order valence-corrected chi connectivity index (χ1v) is 7.98. The fourth-order valence-corrected chi connectivity index (χ4v) is 2.15. The van der Waals surface area contributed by atoms with E-state index < -0.39 is 17.7 Å². The van der Waals surface area contributed by atoms with Gasteiger partial charge in [-0.15, -0.1) is 0 Å². The van der Waals surface area contributed by atoms with Gasteiger partial charge in [-0.25, -0.2) is 9.89 Å². The molecule has 1 aliphatic rings. The number of H-pyrrole nitrogens is 1. The van der Waals surface area contributed by atoms with E-state index in [1.54, 1.807) is 6.92 Å². The quantitative estimate of drug-likeness (QED) is 0.749. The molecule has 7 nitrogen and oxygen atoms in total. The van der Waals surface area contributed by atoms with E-state index in [-0.39, 0.29) is 42.2 Å². The van der Waals surface area contributed by atoms with Gasteiger partial charge in [-0.2, -0.15) is 13.2 Å². The maximum Gasteiger partial charge on any atom is 0.419 e. The van der Waals surface area contributed by atoms with Gasteiger partial charge in [0, 0.05) is 6.07 Å². The first kappa shape index (κ1) is 18.0. The van der Waals surface area contributed by atoms with Crippen molar-refractivity contribution in [3.05, 3.63) is 29.5 Å². The minimum absolute atomic E-state index is 0.0308. The summed E-state index contributed by atoms with van der Waals surface area (Å²) >= 11 is 0. The molecular formula is C16H16F3N3O4. The molecule has 3 rings (SSSR count). The summed E-state index contributed by atoms with van der Waals surface area (Å²) in [5.41, 5.74) is -1.02. The fourth-order valence-electron chi connectivity index (χ4n) is 2.15. The number of hydrogen-bond donors (Lipinski definition) is 1. The number of nitrogens with one attached hydrogen (secondary N) is 1. The maximum absolute atomic E-state index is 13.1. The Hall–Kier alpha value is -2.78. The number of ether oxygens (including phenoxy) is 3. The SMILES string of the molecule is CCOC(=O)c1[nH]nnc1Oc1ccc(C(F)(F)F)c(OCC2CC2)c1. The lowest BCUT2D eigenvalue weighted by molar-refractivity contribution is -0.139. The average molecular weight is 371 g/mol. The Morgan fingerprint density at radius 3 is 2.77 bits per heavy atom. The fraction of sp³-hybridized carbons (Fsp3) is 0.438. The molecule has 26 heavy (non-hydrogen) atoms. The highest BCUT2D eigenvalue weighted by molar-refractivity contribution is 5.89. The predicted octanol–water partition coefficient (Wildman–Crippen LogP) is 3.58. The Labute approximate surface area is 146 Å². The second-order valence-corrected chi connectivity index (χ2v) is 5.72. The van der Waals surface area contributed by atoms with Crippen molar-refractivity contribution >= 4 is 5.97 Å². The standard InChI is InChI=1S/C16H16F3N3O4/c1-2-24-15(23)13-14(21-22-20-13)26-10-5-6-11(16(17,18)19)12(7-10)25-8-9-3-4-9/h5-7,9H,2-4,8H2,1H3,(H,20,21,22). The Morgan fingerprint density at radius 2 is 2.12 bits per heavy atom. The van der Waals surface area contributed by atoms with Crippen LogP contribution in [0, 0.1) is 5.92 Å². The molecule has 0 radical (unpaired) electrons. The molecule has 0 aliphatic heterocycles. The molecule has 1 heterocycles. The lowest BCUT2D eigenvalue weighted by atomic mass is 10.2. The normalized spacial score (nSPS) is 14.2. The van der Waals surface area contributed by atoms with Gasteiger partial charge in [-0.3, -0.25) is 0 Å². The summed E-state index contributed by atoms with van der Waals surface area (Å²) < 4.78 is 55.0. The van der Waals surface area contributed by atoms with E-state index in [2.05, 4.69) is 15.4 Å². The first-order valence-electron chi connectivity index (χ1n) is 7.98. The Morgan fingerprint density at radius 1 is 1.35 bits per heavy atom. The molecule has 0 amide bonds. The van der Waals surface area contributed by atoms with Crippen LogP contribution < -0.4 is 9.47 Å². The third kappa shape index (κ3) is 4.24. The molecule has 1 fully saturated rings. The van der Waals surface area contributed by atoms with Crippen LogP contribution in [0.2, 0.25) is 0 Å². The van der Waals surface area contributed by atoms with Crippen molar-refractivity contribution < 1.29 is 32.2 Å². The molecule has 0 bridgehead atoms. The topological polar surface area (TPSA) is 86.3 Å². The maximum atomic E-state index is 13.1. The van der Waals surface area contributed by atoms with Crippen LogP contribution >= 0.6 is 0 Å². The van der Waals surface area contributed by atoms with Crippen LogP contribution in [0.3, 0.4) is 0 Å². The van der Waals surface area contributed by atoms with Crippen LogP contribution in [0.25, 0.3) is 0 Å². The summed E-state index contributed by atoms with van der Waals surface area (Å²) in [4.78, 5) is 11.8. The Bertz CT molecular complexity index is 787. The molecule has 10 heteroatoms.